The minimum atomic E-state index is -0.697. The fraction of sp³-hybridized carbons (Fsp3) is 0.474. The fourth-order valence-corrected chi connectivity index (χ4v) is 3.76. The summed E-state index contributed by atoms with van der Waals surface area (Å²) in [6.45, 7) is 3.08. The largest absolute Gasteiger partial charge is 0.348 e. The molecular formula is C19H21F2N3O2. The van der Waals surface area contributed by atoms with Gasteiger partial charge in [0.1, 0.15) is 23.4 Å². The van der Waals surface area contributed by atoms with Gasteiger partial charge in [0.15, 0.2) is 0 Å². The fourth-order valence-electron chi connectivity index (χ4n) is 3.76. The molecule has 2 aliphatic rings. The van der Waals surface area contributed by atoms with E-state index in [1.165, 1.54) is 18.9 Å². The van der Waals surface area contributed by atoms with Crippen molar-refractivity contribution in [2.75, 3.05) is 13.1 Å². The summed E-state index contributed by atoms with van der Waals surface area (Å²) in [4.78, 5) is 29.3. The first-order valence-corrected chi connectivity index (χ1v) is 8.95. The van der Waals surface area contributed by atoms with Gasteiger partial charge in [0.05, 0.1) is 5.52 Å². The number of rotatable bonds is 3. The van der Waals surface area contributed by atoms with Crippen molar-refractivity contribution in [3.8, 4) is 0 Å². The molecule has 4 rings (SSSR count). The van der Waals surface area contributed by atoms with Crippen LogP contribution in [-0.4, -0.2) is 40.8 Å². The maximum absolute atomic E-state index is 13.8. The Kier molecular flexibility index (Phi) is 3.97. The third-order valence-corrected chi connectivity index (χ3v) is 5.75. The zero-order valence-corrected chi connectivity index (χ0v) is 14.6. The average molecular weight is 361 g/mol. The van der Waals surface area contributed by atoms with E-state index in [2.05, 4.69) is 10.3 Å². The van der Waals surface area contributed by atoms with Crippen LogP contribution in [0.4, 0.5) is 8.78 Å². The number of likely N-dealkylation sites (tertiary alicyclic amines) is 1. The predicted molar refractivity (Wildman–Crippen MR) is 92.6 cm³/mol. The van der Waals surface area contributed by atoms with Gasteiger partial charge in [0, 0.05) is 18.5 Å². The molecule has 7 heteroatoms. The molecule has 2 N–H and O–H groups in total. The van der Waals surface area contributed by atoms with Gasteiger partial charge in [-0.2, -0.15) is 0 Å². The highest BCUT2D eigenvalue weighted by Gasteiger charge is 2.45. The molecule has 1 atom stereocenters. The van der Waals surface area contributed by atoms with E-state index < -0.39 is 23.6 Å². The summed E-state index contributed by atoms with van der Waals surface area (Å²) in [6, 6.07) is 2.59. The van der Waals surface area contributed by atoms with E-state index in [-0.39, 0.29) is 22.5 Å². The van der Waals surface area contributed by atoms with E-state index in [0.717, 1.165) is 38.1 Å². The molecule has 2 amide bonds. The van der Waals surface area contributed by atoms with Crippen LogP contribution in [0.15, 0.2) is 18.2 Å². The average Bonchev–Trinajstić information content (AvgIpc) is 3.21. The Hall–Kier alpha value is -2.44. The molecule has 1 saturated heterocycles. The minimum absolute atomic E-state index is 0.0138. The number of carbonyl (C=O) groups is 2. The molecule has 1 spiro atoms. The van der Waals surface area contributed by atoms with Crippen LogP contribution in [0.1, 0.15) is 43.1 Å². The number of carbonyl (C=O) groups excluding carboxylic acids is 2. The van der Waals surface area contributed by atoms with Gasteiger partial charge in [-0.3, -0.25) is 9.59 Å². The smallest absolute Gasteiger partial charge is 0.268 e. The molecule has 0 radical (unpaired) electrons. The van der Waals surface area contributed by atoms with Crippen molar-refractivity contribution in [3.05, 3.63) is 35.5 Å². The zero-order valence-electron chi connectivity index (χ0n) is 14.6. The molecule has 138 valence electrons. The number of hydrogen-bond acceptors (Lipinski definition) is 2. The second-order valence-corrected chi connectivity index (χ2v) is 7.52. The van der Waals surface area contributed by atoms with Gasteiger partial charge in [-0.15, -0.1) is 0 Å². The van der Waals surface area contributed by atoms with Crippen LogP contribution in [0, 0.1) is 17.0 Å². The lowest BCUT2D eigenvalue weighted by atomic mass is 9.93. The Morgan fingerprint density at radius 3 is 2.42 bits per heavy atom. The number of halogens is 2. The van der Waals surface area contributed by atoms with E-state index in [0.29, 0.717) is 5.41 Å². The van der Waals surface area contributed by atoms with Crippen molar-refractivity contribution in [2.45, 2.75) is 38.6 Å². The lowest BCUT2D eigenvalue weighted by molar-refractivity contribution is -0.134. The predicted octanol–water partition coefficient (Wildman–Crippen LogP) is 2.97. The first-order chi connectivity index (χ1) is 12.4. The summed E-state index contributed by atoms with van der Waals surface area (Å²) in [6.07, 6.45) is 4.57. The summed E-state index contributed by atoms with van der Waals surface area (Å²) in [5, 5.41) is 2.64. The SMILES string of the molecule is C[C@H](NC(=O)c1cc2c(F)ccc(F)c2[nH]1)C(=O)N1CCC2(CC1)CC2. The van der Waals surface area contributed by atoms with E-state index in [4.69, 9.17) is 0 Å². The second-order valence-electron chi connectivity index (χ2n) is 7.52. The van der Waals surface area contributed by atoms with Gasteiger partial charge in [0.25, 0.3) is 5.91 Å². The van der Waals surface area contributed by atoms with Crippen molar-refractivity contribution in [1.82, 2.24) is 15.2 Å². The van der Waals surface area contributed by atoms with Crippen LogP contribution in [0.3, 0.4) is 0 Å². The Morgan fingerprint density at radius 1 is 1.15 bits per heavy atom. The topological polar surface area (TPSA) is 65.2 Å². The highest BCUT2D eigenvalue weighted by Crippen LogP contribution is 2.53. The van der Waals surface area contributed by atoms with Crippen LogP contribution >= 0.6 is 0 Å². The van der Waals surface area contributed by atoms with Gasteiger partial charge in [-0.25, -0.2) is 8.78 Å². The number of benzene rings is 1. The Bertz CT molecular complexity index is 839. The van der Waals surface area contributed by atoms with Crippen LogP contribution in [0.2, 0.25) is 0 Å². The molecule has 2 fully saturated rings. The number of nitrogens with zero attached hydrogens (tertiary/aromatic N) is 1. The maximum atomic E-state index is 13.8. The Labute approximate surface area is 149 Å². The molecule has 2 heterocycles. The van der Waals surface area contributed by atoms with Crippen molar-refractivity contribution in [1.29, 1.82) is 0 Å². The third kappa shape index (κ3) is 2.95. The molecule has 1 aromatic heterocycles. The quantitative estimate of drug-likeness (QED) is 0.883. The number of aromatic nitrogens is 1. The van der Waals surface area contributed by atoms with Crippen molar-refractivity contribution < 1.29 is 18.4 Å². The first-order valence-electron chi connectivity index (χ1n) is 8.95. The number of aromatic amines is 1. The monoisotopic (exact) mass is 361 g/mol. The number of H-pyrrole nitrogens is 1. The lowest BCUT2D eigenvalue weighted by Gasteiger charge is -2.33. The van der Waals surface area contributed by atoms with Gasteiger partial charge in [-0.1, -0.05) is 0 Å². The van der Waals surface area contributed by atoms with Crippen LogP contribution in [-0.2, 0) is 4.79 Å². The van der Waals surface area contributed by atoms with E-state index >= 15 is 0 Å². The molecule has 0 bridgehead atoms. The van der Waals surface area contributed by atoms with Crippen LogP contribution in [0.5, 0.6) is 0 Å². The Balaban J connectivity index is 1.43. The Morgan fingerprint density at radius 2 is 1.81 bits per heavy atom. The van der Waals surface area contributed by atoms with E-state index in [1.54, 1.807) is 11.8 Å². The van der Waals surface area contributed by atoms with Gasteiger partial charge >= 0.3 is 0 Å². The van der Waals surface area contributed by atoms with Gasteiger partial charge < -0.3 is 15.2 Å². The number of amides is 2. The molecule has 1 saturated carbocycles. The first kappa shape index (κ1) is 17.0. The maximum Gasteiger partial charge on any atom is 0.268 e. The third-order valence-electron chi connectivity index (χ3n) is 5.75. The summed E-state index contributed by atoms with van der Waals surface area (Å²) < 4.78 is 27.5. The number of hydrogen-bond donors (Lipinski definition) is 2. The number of nitrogens with one attached hydrogen (secondary N) is 2. The highest BCUT2D eigenvalue weighted by molar-refractivity contribution is 6.00. The molecule has 2 aromatic rings. The normalized spacial score (nSPS) is 19.6. The zero-order chi connectivity index (χ0) is 18.5. The standard InChI is InChI=1S/C19H21F2N3O2/c1-11(18(26)24-8-6-19(4-5-19)7-9-24)22-17(25)15-10-12-13(20)2-3-14(21)16(12)23-15/h2-3,10-11,23H,4-9H2,1H3,(H,22,25)/t11-/m0/s1. The summed E-state index contributed by atoms with van der Waals surface area (Å²) in [5.74, 6) is -1.92. The van der Waals surface area contributed by atoms with Crippen LogP contribution in [0.25, 0.3) is 10.9 Å². The molecule has 0 unspecified atom stereocenters. The summed E-state index contributed by atoms with van der Waals surface area (Å²) >= 11 is 0. The molecule has 1 aliphatic carbocycles. The summed E-state index contributed by atoms with van der Waals surface area (Å²) in [5.41, 5.74) is 0.445. The van der Waals surface area contributed by atoms with E-state index in [9.17, 15) is 18.4 Å². The minimum Gasteiger partial charge on any atom is -0.348 e. The number of piperidine rings is 1. The number of fused-ring (bicyclic) bond motifs is 1. The van der Waals surface area contributed by atoms with E-state index in [1.807, 2.05) is 0 Å². The molecule has 26 heavy (non-hydrogen) atoms. The van der Waals surface area contributed by atoms with Crippen molar-refractivity contribution in [2.24, 2.45) is 5.41 Å². The van der Waals surface area contributed by atoms with Crippen molar-refractivity contribution in [3.63, 3.8) is 0 Å². The van der Waals surface area contributed by atoms with Gasteiger partial charge in [0.2, 0.25) is 5.91 Å². The van der Waals surface area contributed by atoms with Crippen LogP contribution < -0.4 is 5.32 Å². The second kappa shape index (κ2) is 6.07. The van der Waals surface area contributed by atoms with Crippen molar-refractivity contribution >= 4 is 22.7 Å². The molecule has 1 aliphatic heterocycles. The molecule has 1 aromatic carbocycles. The summed E-state index contributed by atoms with van der Waals surface area (Å²) in [7, 11) is 0. The lowest BCUT2D eigenvalue weighted by Crippen LogP contribution is -2.49. The highest BCUT2D eigenvalue weighted by atomic mass is 19.1. The van der Waals surface area contributed by atoms with Gasteiger partial charge in [-0.05, 0) is 56.2 Å². The molecule has 5 nitrogen and oxygen atoms in total. The molecular weight excluding hydrogens is 340 g/mol.